The Morgan fingerprint density at radius 3 is 2.50 bits per heavy atom. The van der Waals surface area contributed by atoms with Crippen molar-refractivity contribution in [3.05, 3.63) is 24.3 Å². The number of hydrogen-bond donors (Lipinski definition) is 1. The number of ether oxygens (including phenoxy) is 1. The third-order valence-corrected chi connectivity index (χ3v) is 6.07. The zero-order valence-electron chi connectivity index (χ0n) is 12.4. The highest BCUT2D eigenvalue weighted by atomic mass is 32.2. The summed E-state index contributed by atoms with van der Waals surface area (Å²) in [7, 11) is -3.82. The van der Waals surface area contributed by atoms with E-state index in [2.05, 4.69) is 10.1 Å². The molecule has 2 aliphatic heterocycles. The van der Waals surface area contributed by atoms with Crippen molar-refractivity contribution in [1.29, 1.82) is 0 Å². The van der Waals surface area contributed by atoms with Crippen LogP contribution in [0, 0.1) is 5.92 Å². The van der Waals surface area contributed by atoms with Gasteiger partial charge in [0.05, 0.1) is 4.90 Å². The van der Waals surface area contributed by atoms with E-state index in [4.69, 9.17) is 0 Å². The first kappa shape index (κ1) is 17.0. The molecule has 1 N–H and O–H groups in total. The molecular weight excluding hydrogens is 349 g/mol. The van der Waals surface area contributed by atoms with Gasteiger partial charge in [0.25, 0.3) is 0 Å². The Morgan fingerprint density at radius 2 is 1.88 bits per heavy atom. The maximum atomic E-state index is 12.6. The Labute approximate surface area is 136 Å². The number of rotatable bonds is 3. The van der Waals surface area contributed by atoms with Crippen molar-refractivity contribution in [3.63, 3.8) is 0 Å². The van der Waals surface area contributed by atoms with Crippen molar-refractivity contribution in [2.45, 2.75) is 30.1 Å². The van der Waals surface area contributed by atoms with Gasteiger partial charge < -0.3 is 10.1 Å². The number of carbonyl (C=O) groups is 1. The largest absolute Gasteiger partial charge is 0.573 e. The number of nitrogens with zero attached hydrogens (tertiary/aromatic N) is 1. The molecule has 2 atom stereocenters. The molecule has 6 nitrogen and oxygen atoms in total. The third-order valence-electron chi connectivity index (χ3n) is 4.19. The first-order chi connectivity index (χ1) is 11.1. The van der Waals surface area contributed by atoms with E-state index in [9.17, 15) is 26.4 Å². The van der Waals surface area contributed by atoms with Crippen LogP contribution < -0.4 is 10.1 Å². The number of alkyl halides is 3. The Morgan fingerprint density at radius 1 is 1.21 bits per heavy atom. The van der Waals surface area contributed by atoms with Crippen LogP contribution in [-0.2, 0) is 14.8 Å². The number of benzene rings is 1. The predicted octanol–water partition coefficient (Wildman–Crippen LogP) is 1.48. The van der Waals surface area contributed by atoms with Crippen LogP contribution in [0.5, 0.6) is 5.75 Å². The Hall–Kier alpha value is -1.81. The smallest absolute Gasteiger partial charge is 0.406 e. The van der Waals surface area contributed by atoms with Crippen LogP contribution in [0.3, 0.4) is 0 Å². The Bertz CT molecular complexity index is 733. The number of amides is 1. The summed E-state index contributed by atoms with van der Waals surface area (Å²) in [6, 6.07) is 4.09. The molecule has 1 amide bonds. The van der Waals surface area contributed by atoms with Crippen molar-refractivity contribution < 1.29 is 31.1 Å². The van der Waals surface area contributed by atoms with Gasteiger partial charge >= 0.3 is 6.36 Å². The summed E-state index contributed by atoms with van der Waals surface area (Å²) in [5.41, 5.74) is 0. The van der Waals surface area contributed by atoms with Crippen molar-refractivity contribution >= 4 is 15.9 Å². The van der Waals surface area contributed by atoms with E-state index < -0.39 is 22.1 Å². The van der Waals surface area contributed by atoms with Crippen LogP contribution in [0.15, 0.2) is 29.2 Å². The predicted molar refractivity (Wildman–Crippen MR) is 76.5 cm³/mol. The average molecular weight is 364 g/mol. The summed E-state index contributed by atoms with van der Waals surface area (Å²) >= 11 is 0. The molecule has 2 heterocycles. The Kier molecular flexibility index (Phi) is 4.20. The van der Waals surface area contributed by atoms with E-state index in [1.54, 1.807) is 0 Å². The molecule has 10 heteroatoms. The second kappa shape index (κ2) is 5.92. The van der Waals surface area contributed by atoms with Crippen LogP contribution in [0.25, 0.3) is 0 Å². The van der Waals surface area contributed by atoms with Gasteiger partial charge in [-0.3, -0.25) is 4.79 Å². The minimum Gasteiger partial charge on any atom is -0.406 e. The quantitative estimate of drug-likeness (QED) is 0.882. The molecule has 0 aromatic heterocycles. The van der Waals surface area contributed by atoms with Gasteiger partial charge in [0.1, 0.15) is 5.75 Å². The lowest BCUT2D eigenvalue weighted by molar-refractivity contribution is -0.274. The van der Waals surface area contributed by atoms with Gasteiger partial charge in [0.2, 0.25) is 15.9 Å². The lowest BCUT2D eigenvalue weighted by atomic mass is 9.95. The van der Waals surface area contributed by atoms with Crippen LogP contribution in [0.2, 0.25) is 0 Å². The van der Waals surface area contributed by atoms with E-state index in [1.165, 1.54) is 4.31 Å². The summed E-state index contributed by atoms with van der Waals surface area (Å²) in [5.74, 6) is -0.641. The molecule has 2 fully saturated rings. The normalized spacial score (nSPS) is 25.2. The summed E-state index contributed by atoms with van der Waals surface area (Å²) in [6.07, 6.45) is -4.02. The van der Waals surface area contributed by atoms with Crippen molar-refractivity contribution in [1.82, 2.24) is 9.62 Å². The fraction of sp³-hybridized carbons (Fsp3) is 0.500. The number of carbonyl (C=O) groups excluding carboxylic acids is 1. The van der Waals surface area contributed by atoms with Crippen LogP contribution >= 0.6 is 0 Å². The molecule has 1 aromatic carbocycles. The highest BCUT2D eigenvalue weighted by molar-refractivity contribution is 7.89. The van der Waals surface area contributed by atoms with E-state index >= 15 is 0 Å². The lowest BCUT2D eigenvalue weighted by Crippen LogP contribution is -2.46. The van der Waals surface area contributed by atoms with Gasteiger partial charge in [-0.15, -0.1) is 13.2 Å². The molecule has 2 saturated heterocycles. The molecule has 0 bridgehead atoms. The molecule has 0 radical (unpaired) electrons. The summed E-state index contributed by atoms with van der Waals surface area (Å²) < 4.78 is 66.6. The maximum absolute atomic E-state index is 12.6. The maximum Gasteiger partial charge on any atom is 0.573 e. The summed E-state index contributed by atoms with van der Waals surface area (Å²) in [4.78, 5) is 11.3. The van der Waals surface area contributed by atoms with Gasteiger partial charge in [-0.1, -0.05) is 0 Å². The van der Waals surface area contributed by atoms with Crippen molar-refractivity contribution in [2.24, 2.45) is 5.92 Å². The van der Waals surface area contributed by atoms with Gasteiger partial charge in [-0.2, -0.15) is 4.31 Å². The van der Waals surface area contributed by atoms with Crippen molar-refractivity contribution in [2.75, 3.05) is 13.1 Å². The number of sulfonamides is 1. The standard InChI is InChI=1S/C14H15F3N2O4S/c15-14(16,17)23-10-1-3-11(4-2-10)24(21,22)19-6-5-12-9(8-19)7-13(20)18-12/h1-4,9,12H,5-8H2,(H,18,20)/t9-,12+/m1/s1. The highest BCUT2D eigenvalue weighted by Crippen LogP contribution is 2.30. The van der Waals surface area contributed by atoms with Crippen LogP contribution in [0.1, 0.15) is 12.8 Å². The molecule has 3 rings (SSSR count). The lowest BCUT2D eigenvalue weighted by Gasteiger charge is -2.33. The minimum absolute atomic E-state index is 0.00786. The zero-order valence-corrected chi connectivity index (χ0v) is 13.2. The first-order valence-electron chi connectivity index (χ1n) is 7.30. The molecule has 0 unspecified atom stereocenters. The molecule has 132 valence electrons. The van der Waals surface area contributed by atoms with Gasteiger partial charge in [0.15, 0.2) is 0 Å². The van der Waals surface area contributed by atoms with E-state index in [0.29, 0.717) is 6.42 Å². The molecule has 24 heavy (non-hydrogen) atoms. The van der Waals surface area contributed by atoms with Gasteiger partial charge in [-0.05, 0) is 30.7 Å². The third kappa shape index (κ3) is 3.48. The molecule has 0 spiro atoms. The second-order valence-corrected chi connectivity index (χ2v) is 7.75. The van der Waals surface area contributed by atoms with Crippen molar-refractivity contribution in [3.8, 4) is 5.75 Å². The molecule has 1 aromatic rings. The SMILES string of the molecule is O=C1C[C@@H]2CN(S(=O)(=O)c3ccc(OC(F)(F)F)cc3)CC[C@@H]2N1. The van der Waals surface area contributed by atoms with Crippen LogP contribution in [-0.4, -0.2) is 44.1 Å². The second-order valence-electron chi connectivity index (χ2n) is 5.81. The fourth-order valence-electron chi connectivity index (χ4n) is 3.08. The summed E-state index contributed by atoms with van der Waals surface area (Å²) in [5, 5.41) is 2.81. The number of hydrogen-bond acceptors (Lipinski definition) is 4. The minimum atomic E-state index is -4.83. The average Bonchev–Trinajstić information content (AvgIpc) is 2.85. The van der Waals surface area contributed by atoms with Gasteiger partial charge in [-0.25, -0.2) is 8.42 Å². The Balaban J connectivity index is 1.74. The molecule has 2 aliphatic rings. The van der Waals surface area contributed by atoms with Crippen LogP contribution in [0.4, 0.5) is 13.2 Å². The van der Waals surface area contributed by atoms with E-state index in [1.807, 2.05) is 0 Å². The first-order valence-corrected chi connectivity index (χ1v) is 8.74. The number of fused-ring (bicyclic) bond motifs is 1. The highest BCUT2D eigenvalue weighted by Gasteiger charge is 2.40. The molecule has 0 saturated carbocycles. The summed E-state index contributed by atoms with van der Waals surface area (Å²) in [6.45, 7) is 0.469. The fourth-order valence-corrected chi connectivity index (χ4v) is 4.59. The number of piperidine rings is 1. The number of nitrogens with one attached hydrogen (secondary N) is 1. The molecule has 0 aliphatic carbocycles. The van der Waals surface area contributed by atoms with E-state index in [-0.39, 0.29) is 42.3 Å². The topological polar surface area (TPSA) is 75.7 Å². The monoisotopic (exact) mass is 364 g/mol. The molecular formula is C14H15F3N2O4S. The number of halogens is 3. The zero-order chi connectivity index (χ0) is 17.5. The van der Waals surface area contributed by atoms with E-state index in [0.717, 1.165) is 24.3 Å². The van der Waals surface area contributed by atoms with Gasteiger partial charge in [0, 0.05) is 31.5 Å².